The molecule has 1 N–H and O–H groups in total. The third-order valence-electron chi connectivity index (χ3n) is 8.69. The van der Waals surface area contributed by atoms with E-state index < -0.39 is 0 Å². The maximum absolute atomic E-state index is 12.7. The number of nitrogens with one attached hydrogen (secondary N) is 1. The third kappa shape index (κ3) is 5.50. The molecule has 2 aliphatic rings. The van der Waals surface area contributed by atoms with E-state index in [1.165, 1.54) is 28.5 Å². The minimum Gasteiger partial charge on any atom is -0.353 e. The Labute approximate surface area is 237 Å². The van der Waals surface area contributed by atoms with Gasteiger partial charge >= 0.3 is 0 Å². The quantitative estimate of drug-likeness (QED) is 0.333. The fraction of sp³-hybridized carbons (Fsp3) is 0.485. The number of para-hydroxylation sites is 1. The molecule has 1 aromatic carbocycles. The van der Waals surface area contributed by atoms with Crippen molar-refractivity contribution in [2.75, 3.05) is 39.3 Å². The van der Waals surface area contributed by atoms with Crippen molar-refractivity contribution in [3.8, 4) is 0 Å². The fourth-order valence-corrected chi connectivity index (χ4v) is 6.57. The number of nitrogens with zero attached hydrogens (tertiary/aromatic N) is 5. The van der Waals surface area contributed by atoms with Crippen LogP contribution in [0.2, 0.25) is 0 Å². The average Bonchev–Trinajstić information content (AvgIpc) is 3.36. The van der Waals surface area contributed by atoms with E-state index in [-0.39, 0.29) is 11.3 Å². The van der Waals surface area contributed by atoms with Crippen molar-refractivity contribution >= 4 is 27.7 Å². The van der Waals surface area contributed by atoms with Crippen molar-refractivity contribution in [1.29, 1.82) is 0 Å². The Hall–Kier alpha value is -3.29. The molecule has 0 radical (unpaired) electrons. The molecule has 7 heteroatoms. The summed E-state index contributed by atoms with van der Waals surface area (Å²) in [5.41, 5.74) is 5.73. The van der Waals surface area contributed by atoms with Crippen molar-refractivity contribution in [2.45, 2.75) is 59.0 Å². The number of amides is 1. The highest BCUT2D eigenvalue weighted by Gasteiger charge is 2.31. The molecule has 0 saturated carbocycles. The molecule has 1 unspecified atom stereocenters. The van der Waals surface area contributed by atoms with Gasteiger partial charge in [0.2, 0.25) is 5.91 Å². The Morgan fingerprint density at radius 1 is 1.00 bits per heavy atom. The van der Waals surface area contributed by atoms with E-state index in [0.717, 1.165) is 81.8 Å². The van der Waals surface area contributed by atoms with E-state index in [4.69, 9.17) is 9.97 Å². The second kappa shape index (κ2) is 11.3. The van der Waals surface area contributed by atoms with Gasteiger partial charge in [0.05, 0.1) is 22.9 Å². The van der Waals surface area contributed by atoms with Crippen LogP contribution in [0.1, 0.15) is 63.0 Å². The molecule has 0 spiro atoms. The highest BCUT2D eigenvalue weighted by molar-refractivity contribution is 6.07. The number of aromatic nitrogens is 3. The van der Waals surface area contributed by atoms with E-state index in [1.54, 1.807) is 0 Å². The molecular weight excluding hydrogens is 496 g/mol. The molecule has 1 atom stereocenters. The van der Waals surface area contributed by atoms with E-state index in [2.05, 4.69) is 57.2 Å². The summed E-state index contributed by atoms with van der Waals surface area (Å²) in [7, 11) is 0. The highest BCUT2D eigenvalue weighted by atomic mass is 16.2. The van der Waals surface area contributed by atoms with E-state index in [0.29, 0.717) is 6.04 Å². The first-order valence-electron chi connectivity index (χ1n) is 14.9. The number of H-pyrrole nitrogens is 1. The summed E-state index contributed by atoms with van der Waals surface area (Å²) in [6, 6.07) is 15.3. The van der Waals surface area contributed by atoms with Crippen molar-refractivity contribution < 1.29 is 4.79 Å². The van der Waals surface area contributed by atoms with Crippen LogP contribution in [0, 0.1) is 5.41 Å². The molecule has 1 amide bonds. The van der Waals surface area contributed by atoms with Gasteiger partial charge in [-0.2, -0.15) is 0 Å². The number of aryl methyl sites for hydroxylation is 1. The standard InChI is InChI=1S/C33H42N6O/c1-33(2,3)32(40)38-21-19-37(20-22-38)17-8-18-39(29-13-6-9-24-10-7-15-35-30(24)29)23-28-31-26(14-16-34-28)25-11-4-5-12-27(25)36-31/h4-5,7,10-12,14-16,29,36H,6,8-9,13,17-23H2,1-3H3. The molecule has 4 heterocycles. The van der Waals surface area contributed by atoms with Crippen LogP contribution in [0.5, 0.6) is 0 Å². The van der Waals surface area contributed by atoms with E-state index in [1.807, 2.05) is 38.1 Å². The average molecular weight is 539 g/mol. The van der Waals surface area contributed by atoms with Gasteiger partial charge in [-0.15, -0.1) is 0 Å². The van der Waals surface area contributed by atoms with Crippen LogP contribution in [0.25, 0.3) is 21.8 Å². The minimum absolute atomic E-state index is 0.264. The summed E-state index contributed by atoms with van der Waals surface area (Å²) < 4.78 is 0. The van der Waals surface area contributed by atoms with Gasteiger partial charge in [0.1, 0.15) is 0 Å². The summed E-state index contributed by atoms with van der Waals surface area (Å²) >= 11 is 0. The van der Waals surface area contributed by atoms with Crippen LogP contribution in [0.3, 0.4) is 0 Å². The zero-order valence-corrected chi connectivity index (χ0v) is 24.2. The lowest BCUT2D eigenvalue weighted by Gasteiger charge is -2.38. The zero-order chi connectivity index (χ0) is 27.7. The van der Waals surface area contributed by atoms with Crippen LogP contribution in [0.15, 0.2) is 54.9 Å². The predicted octanol–water partition coefficient (Wildman–Crippen LogP) is 5.57. The predicted molar refractivity (Wildman–Crippen MR) is 161 cm³/mol. The molecule has 1 fully saturated rings. The van der Waals surface area contributed by atoms with Crippen molar-refractivity contribution in [1.82, 2.24) is 29.7 Å². The Morgan fingerprint density at radius 3 is 2.65 bits per heavy atom. The normalized spacial score (nSPS) is 18.5. The lowest BCUT2D eigenvalue weighted by Crippen LogP contribution is -2.51. The molecule has 1 aliphatic carbocycles. The van der Waals surface area contributed by atoms with E-state index >= 15 is 0 Å². The maximum Gasteiger partial charge on any atom is 0.228 e. The van der Waals surface area contributed by atoms with Gasteiger partial charge in [-0.1, -0.05) is 45.0 Å². The topological polar surface area (TPSA) is 68.4 Å². The molecule has 7 nitrogen and oxygen atoms in total. The smallest absolute Gasteiger partial charge is 0.228 e. The Kier molecular flexibility index (Phi) is 7.60. The van der Waals surface area contributed by atoms with Crippen LogP contribution < -0.4 is 0 Å². The summed E-state index contributed by atoms with van der Waals surface area (Å²) in [5, 5.41) is 2.49. The highest BCUT2D eigenvalue weighted by Crippen LogP contribution is 2.35. The Balaban J connectivity index is 1.19. The summed E-state index contributed by atoms with van der Waals surface area (Å²) in [6.07, 6.45) is 8.41. The van der Waals surface area contributed by atoms with Gasteiger partial charge in [-0.3, -0.25) is 24.6 Å². The lowest BCUT2D eigenvalue weighted by molar-refractivity contribution is -0.141. The van der Waals surface area contributed by atoms with Crippen molar-refractivity contribution in [3.05, 3.63) is 71.8 Å². The molecular formula is C33H42N6O. The molecule has 6 rings (SSSR count). The van der Waals surface area contributed by atoms with Gasteiger partial charge in [-0.05, 0) is 56.0 Å². The van der Waals surface area contributed by atoms with Crippen LogP contribution in [-0.4, -0.2) is 74.8 Å². The summed E-state index contributed by atoms with van der Waals surface area (Å²) in [6.45, 7) is 12.4. The zero-order valence-electron chi connectivity index (χ0n) is 24.2. The molecule has 1 aliphatic heterocycles. The number of carbonyl (C=O) groups excluding carboxylic acids is 1. The van der Waals surface area contributed by atoms with Gasteiger partial charge in [-0.25, -0.2) is 0 Å². The number of hydrogen-bond acceptors (Lipinski definition) is 5. The maximum atomic E-state index is 12.7. The Bertz CT molecular complexity index is 1480. The number of hydrogen-bond donors (Lipinski definition) is 1. The lowest BCUT2D eigenvalue weighted by atomic mass is 9.90. The molecule has 4 aromatic rings. The number of aromatic amines is 1. The number of rotatable bonds is 7. The van der Waals surface area contributed by atoms with Gasteiger partial charge in [0.15, 0.2) is 0 Å². The summed E-state index contributed by atoms with van der Waals surface area (Å²) in [5.74, 6) is 0.264. The van der Waals surface area contributed by atoms with Crippen molar-refractivity contribution in [3.63, 3.8) is 0 Å². The van der Waals surface area contributed by atoms with Crippen LogP contribution in [-0.2, 0) is 17.8 Å². The number of piperazine rings is 1. The van der Waals surface area contributed by atoms with Crippen LogP contribution >= 0.6 is 0 Å². The summed E-state index contributed by atoms with van der Waals surface area (Å²) in [4.78, 5) is 33.3. The number of benzene rings is 1. The molecule has 3 aromatic heterocycles. The minimum atomic E-state index is -0.311. The number of pyridine rings is 2. The fourth-order valence-electron chi connectivity index (χ4n) is 6.57. The number of carbonyl (C=O) groups is 1. The molecule has 1 saturated heterocycles. The monoisotopic (exact) mass is 538 g/mol. The SMILES string of the molecule is CC(C)(C)C(=O)N1CCN(CCCN(Cc2nccc3c2[nH]c2ccccc23)C2CCCc3cccnc32)CC1. The second-order valence-electron chi connectivity index (χ2n) is 12.5. The first kappa shape index (κ1) is 26.9. The largest absolute Gasteiger partial charge is 0.353 e. The first-order valence-corrected chi connectivity index (χ1v) is 14.9. The second-order valence-corrected chi connectivity index (χ2v) is 12.5. The first-order chi connectivity index (χ1) is 19.4. The Morgan fingerprint density at radius 2 is 1.82 bits per heavy atom. The van der Waals surface area contributed by atoms with Crippen molar-refractivity contribution in [2.24, 2.45) is 5.41 Å². The van der Waals surface area contributed by atoms with Crippen LogP contribution in [0.4, 0.5) is 0 Å². The van der Waals surface area contributed by atoms with Gasteiger partial charge in [0, 0.05) is 73.4 Å². The molecule has 0 bridgehead atoms. The third-order valence-corrected chi connectivity index (χ3v) is 8.69. The number of fused-ring (bicyclic) bond motifs is 4. The van der Waals surface area contributed by atoms with Gasteiger partial charge in [0.25, 0.3) is 0 Å². The van der Waals surface area contributed by atoms with Gasteiger partial charge < -0.3 is 9.88 Å². The molecule has 40 heavy (non-hydrogen) atoms. The molecule has 210 valence electrons. The van der Waals surface area contributed by atoms with E-state index in [9.17, 15) is 4.79 Å².